The molecule has 0 amide bonds. The van der Waals surface area contributed by atoms with Crippen LogP contribution < -0.4 is 4.72 Å². The number of nitrogens with one attached hydrogen (secondary N) is 1. The highest BCUT2D eigenvalue weighted by Gasteiger charge is 2.12. The van der Waals surface area contributed by atoms with Gasteiger partial charge in [0.2, 0.25) is 10.0 Å². The monoisotopic (exact) mass is 346 g/mol. The number of sulfonamides is 1. The summed E-state index contributed by atoms with van der Waals surface area (Å²) in [6.45, 7) is 0. The lowest BCUT2D eigenvalue weighted by molar-refractivity contribution is 0.600. The van der Waals surface area contributed by atoms with Crippen LogP contribution in [0, 0.1) is 0 Å². The second-order valence-corrected chi connectivity index (χ2v) is 7.88. The lowest BCUT2D eigenvalue weighted by Crippen LogP contribution is -2.18. The van der Waals surface area contributed by atoms with Crippen molar-refractivity contribution in [2.75, 3.05) is 10.5 Å². The number of thiazole rings is 1. The second kappa shape index (κ2) is 5.81. The van der Waals surface area contributed by atoms with E-state index >= 15 is 0 Å². The summed E-state index contributed by atoms with van der Waals surface area (Å²) in [6, 6.07) is 9.52. The zero-order valence-electron chi connectivity index (χ0n) is 9.34. The molecule has 0 radical (unpaired) electrons. The van der Waals surface area contributed by atoms with Gasteiger partial charge in [-0.15, -0.1) is 0 Å². The van der Waals surface area contributed by atoms with Crippen LogP contribution in [0.5, 0.6) is 0 Å². The third kappa shape index (κ3) is 4.08. The molecule has 1 aromatic carbocycles. The van der Waals surface area contributed by atoms with E-state index in [2.05, 4.69) is 25.6 Å². The van der Waals surface area contributed by atoms with Gasteiger partial charge in [-0.1, -0.05) is 41.7 Å². The highest BCUT2D eigenvalue weighted by atomic mass is 79.9. The van der Waals surface area contributed by atoms with E-state index in [0.717, 1.165) is 9.35 Å². The first-order valence-corrected chi connectivity index (χ1v) is 8.47. The Bertz CT molecular complexity index is 611. The number of rotatable bonds is 5. The Labute approximate surface area is 118 Å². The SMILES string of the molecule is O=S(=O)(CCc1ccccc1)Nc1ncc(Br)s1. The Kier molecular flexibility index (Phi) is 4.36. The number of anilines is 1. The largest absolute Gasteiger partial charge is 0.259 e. The van der Waals surface area contributed by atoms with E-state index in [1.165, 1.54) is 11.3 Å². The molecule has 1 heterocycles. The van der Waals surface area contributed by atoms with Gasteiger partial charge in [0.15, 0.2) is 5.13 Å². The van der Waals surface area contributed by atoms with Gasteiger partial charge in [0, 0.05) is 0 Å². The van der Waals surface area contributed by atoms with Crippen molar-refractivity contribution >= 4 is 42.4 Å². The molecule has 2 aromatic rings. The Hall–Kier alpha value is -0.920. The molecule has 2 rings (SSSR count). The van der Waals surface area contributed by atoms with E-state index in [4.69, 9.17) is 0 Å². The summed E-state index contributed by atoms with van der Waals surface area (Å²) >= 11 is 4.49. The molecule has 96 valence electrons. The lowest BCUT2D eigenvalue weighted by atomic mass is 10.2. The molecule has 0 atom stereocenters. The van der Waals surface area contributed by atoms with Crippen LogP contribution in [-0.4, -0.2) is 19.2 Å². The number of halogens is 1. The van der Waals surface area contributed by atoms with Crippen LogP contribution in [0.25, 0.3) is 0 Å². The minimum absolute atomic E-state index is 0.0498. The first-order valence-electron chi connectivity index (χ1n) is 5.21. The molecule has 0 spiro atoms. The molecule has 18 heavy (non-hydrogen) atoms. The standard InChI is InChI=1S/C11H11BrN2O2S2/c12-10-8-13-11(17-10)14-18(15,16)7-6-9-4-2-1-3-5-9/h1-5,8H,6-7H2,(H,13,14). The molecular weight excluding hydrogens is 336 g/mol. The van der Waals surface area contributed by atoms with Crippen molar-refractivity contribution in [3.8, 4) is 0 Å². The van der Waals surface area contributed by atoms with Crippen LogP contribution in [-0.2, 0) is 16.4 Å². The topological polar surface area (TPSA) is 59.1 Å². The van der Waals surface area contributed by atoms with Crippen molar-refractivity contribution in [1.29, 1.82) is 0 Å². The van der Waals surface area contributed by atoms with Crippen LogP contribution in [0.1, 0.15) is 5.56 Å². The average Bonchev–Trinajstić information content (AvgIpc) is 2.73. The van der Waals surface area contributed by atoms with E-state index in [9.17, 15) is 8.42 Å². The molecule has 0 aliphatic heterocycles. The first-order chi connectivity index (χ1) is 8.55. The fourth-order valence-electron chi connectivity index (χ4n) is 1.38. The molecule has 0 saturated heterocycles. The minimum atomic E-state index is -3.34. The van der Waals surface area contributed by atoms with E-state index < -0.39 is 10.0 Å². The zero-order valence-corrected chi connectivity index (χ0v) is 12.6. The summed E-state index contributed by atoms with van der Waals surface area (Å²) in [5, 5.41) is 0.384. The molecule has 0 bridgehead atoms. The number of hydrogen-bond donors (Lipinski definition) is 1. The zero-order chi connectivity index (χ0) is 13.0. The number of hydrogen-bond acceptors (Lipinski definition) is 4. The fourth-order valence-corrected chi connectivity index (χ4v) is 3.81. The maximum Gasteiger partial charge on any atom is 0.234 e. The lowest BCUT2D eigenvalue weighted by Gasteiger charge is -2.04. The van der Waals surface area contributed by atoms with Gasteiger partial charge in [-0.2, -0.15) is 0 Å². The predicted molar refractivity (Wildman–Crippen MR) is 77.4 cm³/mol. The van der Waals surface area contributed by atoms with Crippen LogP contribution in [0.15, 0.2) is 40.3 Å². The van der Waals surface area contributed by atoms with Gasteiger partial charge < -0.3 is 0 Å². The first kappa shape index (κ1) is 13.5. The molecule has 0 aliphatic rings. The van der Waals surface area contributed by atoms with Gasteiger partial charge >= 0.3 is 0 Å². The Balaban J connectivity index is 1.96. The van der Waals surface area contributed by atoms with Gasteiger partial charge in [0.1, 0.15) is 0 Å². The van der Waals surface area contributed by atoms with Crippen LogP contribution in [0.3, 0.4) is 0 Å². The van der Waals surface area contributed by atoms with Crippen molar-refractivity contribution in [2.45, 2.75) is 6.42 Å². The predicted octanol–water partition coefficient (Wildman–Crippen LogP) is 2.89. The summed E-state index contributed by atoms with van der Waals surface area (Å²) < 4.78 is 26.9. The van der Waals surface area contributed by atoms with Gasteiger partial charge in [-0.25, -0.2) is 13.4 Å². The smallest absolute Gasteiger partial charge is 0.234 e. The van der Waals surface area contributed by atoms with E-state index in [1.54, 1.807) is 6.20 Å². The Morgan fingerprint density at radius 3 is 2.61 bits per heavy atom. The molecule has 0 aliphatic carbocycles. The normalized spacial score (nSPS) is 11.4. The number of nitrogens with zero attached hydrogens (tertiary/aromatic N) is 1. The van der Waals surface area contributed by atoms with Crippen molar-refractivity contribution in [3.63, 3.8) is 0 Å². The summed E-state index contributed by atoms with van der Waals surface area (Å²) in [4.78, 5) is 3.94. The van der Waals surface area contributed by atoms with Gasteiger partial charge in [0.05, 0.1) is 15.7 Å². The van der Waals surface area contributed by atoms with E-state index in [1.807, 2.05) is 30.3 Å². The molecule has 7 heteroatoms. The maximum absolute atomic E-state index is 11.8. The van der Waals surface area contributed by atoms with E-state index in [-0.39, 0.29) is 5.75 Å². The minimum Gasteiger partial charge on any atom is -0.259 e. The van der Waals surface area contributed by atoms with Crippen LogP contribution in [0.2, 0.25) is 0 Å². The third-order valence-corrected chi connectivity index (χ3v) is 4.99. The van der Waals surface area contributed by atoms with E-state index in [0.29, 0.717) is 11.6 Å². The van der Waals surface area contributed by atoms with Gasteiger partial charge in [-0.05, 0) is 27.9 Å². The quantitative estimate of drug-likeness (QED) is 0.905. The van der Waals surface area contributed by atoms with Crippen molar-refractivity contribution in [1.82, 2.24) is 4.98 Å². The highest BCUT2D eigenvalue weighted by molar-refractivity contribution is 9.11. The molecule has 0 fully saturated rings. The molecular formula is C11H11BrN2O2S2. The number of benzene rings is 1. The fraction of sp³-hybridized carbons (Fsp3) is 0.182. The van der Waals surface area contributed by atoms with Gasteiger partial charge in [-0.3, -0.25) is 4.72 Å². The van der Waals surface area contributed by atoms with Crippen LogP contribution in [0.4, 0.5) is 5.13 Å². The van der Waals surface area contributed by atoms with Crippen molar-refractivity contribution in [2.24, 2.45) is 0 Å². The van der Waals surface area contributed by atoms with Gasteiger partial charge in [0.25, 0.3) is 0 Å². The summed E-state index contributed by atoms with van der Waals surface area (Å²) in [5.74, 6) is 0.0498. The average molecular weight is 347 g/mol. The Morgan fingerprint density at radius 1 is 1.28 bits per heavy atom. The molecule has 0 unspecified atom stereocenters. The van der Waals surface area contributed by atoms with Crippen molar-refractivity contribution < 1.29 is 8.42 Å². The second-order valence-electron chi connectivity index (χ2n) is 3.63. The third-order valence-electron chi connectivity index (χ3n) is 2.22. The molecule has 1 N–H and O–H groups in total. The highest BCUT2D eigenvalue weighted by Crippen LogP contribution is 2.24. The molecule has 4 nitrogen and oxygen atoms in total. The summed E-state index contributed by atoms with van der Waals surface area (Å²) in [5.41, 5.74) is 1.00. The van der Waals surface area contributed by atoms with Crippen molar-refractivity contribution in [3.05, 3.63) is 45.9 Å². The number of aryl methyl sites for hydroxylation is 1. The molecule has 0 saturated carbocycles. The maximum atomic E-state index is 11.8. The van der Waals surface area contributed by atoms with Crippen LogP contribution >= 0.6 is 27.3 Å². The summed E-state index contributed by atoms with van der Waals surface area (Å²) in [7, 11) is -3.34. The Morgan fingerprint density at radius 2 is 2.00 bits per heavy atom. The summed E-state index contributed by atoms with van der Waals surface area (Å²) in [6.07, 6.45) is 2.06. The number of aromatic nitrogens is 1. The molecule has 1 aromatic heterocycles.